The summed E-state index contributed by atoms with van der Waals surface area (Å²) in [7, 11) is 0. The lowest BCUT2D eigenvalue weighted by Crippen LogP contribution is -2.43. The quantitative estimate of drug-likeness (QED) is 0.650. The lowest BCUT2D eigenvalue weighted by Gasteiger charge is -2.09. The van der Waals surface area contributed by atoms with Crippen LogP contribution in [0.3, 0.4) is 0 Å². The minimum Gasteiger partial charge on any atom is -0.484 e. The third-order valence-electron chi connectivity index (χ3n) is 2.96. The third-order valence-corrected chi connectivity index (χ3v) is 2.96. The van der Waals surface area contributed by atoms with Crippen LogP contribution in [0, 0.1) is 0 Å². The monoisotopic (exact) mass is 312 g/mol. The Hall–Kier alpha value is -3.15. The molecule has 0 saturated heterocycles. The van der Waals surface area contributed by atoms with Gasteiger partial charge in [0.25, 0.3) is 11.8 Å². The molecule has 2 N–H and O–H groups in total. The van der Waals surface area contributed by atoms with Crippen molar-refractivity contribution in [3.63, 3.8) is 0 Å². The van der Waals surface area contributed by atoms with Crippen LogP contribution in [0.4, 0.5) is 0 Å². The third kappa shape index (κ3) is 4.96. The molecule has 0 atom stereocenters. The number of carbonyl (C=O) groups is 3. The van der Waals surface area contributed by atoms with E-state index in [9.17, 15) is 14.4 Å². The van der Waals surface area contributed by atoms with Crippen LogP contribution in [0.15, 0.2) is 54.6 Å². The number of carbonyl (C=O) groups excluding carboxylic acids is 3. The van der Waals surface area contributed by atoms with Gasteiger partial charge in [0, 0.05) is 11.1 Å². The second-order valence-electron chi connectivity index (χ2n) is 4.74. The first kappa shape index (κ1) is 16.2. The van der Waals surface area contributed by atoms with E-state index in [2.05, 4.69) is 10.9 Å². The van der Waals surface area contributed by atoms with Crippen LogP contribution in [-0.4, -0.2) is 24.2 Å². The summed E-state index contributed by atoms with van der Waals surface area (Å²) in [5, 5.41) is 0. The molecule has 6 heteroatoms. The summed E-state index contributed by atoms with van der Waals surface area (Å²) in [4.78, 5) is 34.7. The van der Waals surface area contributed by atoms with Crippen molar-refractivity contribution in [2.75, 3.05) is 6.61 Å². The molecule has 0 radical (unpaired) electrons. The molecule has 0 saturated carbocycles. The Kier molecular flexibility index (Phi) is 5.46. The van der Waals surface area contributed by atoms with Gasteiger partial charge in [0.05, 0.1) is 0 Å². The molecule has 0 aliphatic carbocycles. The first-order valence-electron chi connectivity index (χ1n) is 6.94. The van der Waals surface area contributed by atoms with Crippen molar-refractivity contribution in [2.24, 2.45) is 0 Å². The Morgan fingerprint density at radius 3 is 2.30 bits per heavy atom. The number of rotatable bonds is 5. The van der Waals surface area contributed by atoms with Gasteiger partial charge in [-0.15, -0.1) is 0 Å². The Balaban J connectivity index is 1.80. The normalized spacial score (nSPS) is 9.78. The van der Waals surface area contributed by atoms with Gasteiger partial charge in [-0.05, 0) is 31.2 Å². The number of hydrogen-bond acceptors (Lipinski definition) is 4. The maximum absolute atomic E-state index is 11.7. The lowest BCUT2D eigenvalue weighted by atomic mass is 10.1. The molecule has 6 nitrogen and oxygen atoms in total. The van der Waals surface area contributed by atoms with Crippen LogP contribution in [0.1, 0.15) is 27.6 Å². The number of hydrazine groups is 1. The van der Waals surface area contributed by atoms with E-state index in [1.165, 1.54) is 6.92 Å². The summed E-state index contributed by atoms with van der Waals surface area (Å²) < 4.78 is 5.28. The average molecular weight is 312 g/mol. The zero-order chi connectivity index (χ0) is 16.7. The summed E-state index contributed by atoms with van der Waals surface area (Å²) >= 11 is 0. The van der Waals surface area contributed by atoms with E-state index < -0.39 is 11.8 Å². The van der Waals surface area contributed by atoms with Crippen LogP contribution < -0.4 is 15.6 Å². The Labute approximate surface area is 133 Å². The molecule has 0 aromatic heterocycles. The molecule has 0 aliphatic heterocycles. The number of amides is 2. The molecule has 2 amide bonds. The van der Waals surface area contributed by atoms with Crippen LogP contribution >= 0.6 is 0 Å². The summed E-state index contributed by atoms with van der Waals surface area (Å²) in [5.74, 6) is -0.614. The highest BCUT2D eigenvalue weighted by molar-refractivity contribution is 5.95. The molecule has 23 heavy (non-hydrogen) atoms. The van der Waals surface area contributed by atoms with Crippen molar-refractivity contribution in [3.05, 3.63) is 65.7 Å². The number of hydrogen-bond donors (Lipinski definition) is 2. The van der Waals surface area contributed by atoms with E-state index >= 15 is 0 Å². The first-order valence-corrected chi connectivity index (χ1v) is 6.94. The molecule has 0 spiro atoms. The fourth-order valence-corrected chi connectivity index (χ4v) is 1.78. The van der Waals surface area contributed by atoms with Gasteiger partial charge in [0.2, 0.25) is 0 Å². The van der Waals surface area contributed by atoms with Gasteiger partial charge in [0.15, 0.2) is 12.4 Å². The average Bonchev–Trinajstić information content (AvgIpc) is 2.58. The number of benzene rings is 2. The predicted molar refractivity (Wildman–Crippen MR) is 84.0 cm³/mol. The summed E-state index contributed by atoms with van der Waals surface area (Å²) in [6.07, 6.45) is 0. The van der Waals surface area contributed by atoms with Crippen LogP contribution in [0.5, 0.6) is 5.75 Å². The highest BCUT2D eigenvalue weighted by atomic mass is 16.5. The number of nitrogens with one attached hydrogen (secondary N) is 2. The predicted octanol–water partition coefficient (Wildman–Crippen LogP) is 1.73. The van der Waals surface area contributed by atoms with E-state index in [0.29, 0.717) is 16.9 Å². The van der Waals surface area contributed by atoms with Crippen LogP contribution in [0.25, 0.3) is 0 Å². The molecule has 2 rings (SSSR count). The van der Waals surface area contributed by atoms with Crippen molar-refractivity contribution in [1.29, 1.82) is 0 Å². The first-order chi connectivity index (χ1) is 11.1. The van der Waals surface area contributed by atoms with Gasteiger partial charge < -0.3 is 4.74 Å². The molecule has 2 aromatic carbocycles. The standard InChI is InChI=1S/C17H16N2O4/c1-12(20)14-8-5-9-15(10-14)23-11-16(21)18-19-17(22)13-6-3-2-4-7-13/h2-10H,11H2,1H3,(H,18,21)(H,19,22). The van der Waals surface area contributed by atoms with Gasteiger partial charge in [0.1, 0.15) is 5.75 Å². The van der Waals surface area contributed by atoms with Gasteiger partial charge in [-0.1, -0.05) is 30.3 Å². The van der Waals surface area contributed by atoms with E-state index in [0.717, 1.165) is 0 Å². The largest absolute Gasteiger partial charge is 0.484 e. The van der Waals surface area contributed by atoms with Gasteiger partial charge in [-0.3, -0.25) is 25.2 Å². The Morgan fingerprint density at radius 2 is 1.61 bits per heavy atom. The molecular formula is C17H16N2O4. The molecule has 118 valence electrons. The fourth-order valence-electron chi connectivity index (χ4n) is 1.78. The zero-order valence-electron chi connectivity index (χ0n) is 12.5. The van der Waals surface area contributed by atoms with Crippen molar-refractivity contribution >= 4 is 17.6 Å². The number of Topliss-reactive ketones (excluding diaryl/α,β-unsaturated/α-hetero) is 1. The molecule has 2 aromatic rings. The minimum absolute atomic E-state index is 0.0879. The maximum atomic E-state index is 11.7. The highest BCUT2D eigenvalue weighted by Crippen LogP contribution is 2.13. The molecule has 0 bridgehead atoms. The van der Waals surface area contributed by atoms with Gasteiger partial charge in [-0.2, -0.15) is 0 Å². The van der Waals surface area contributed by atoms with E-state index in [4.69, 9.17) is 4.74 Å². The fraction of sp³-hybridized carbons (Fsp3) is 0.118. The van der Waals surface area contributed by atoms with E-state index in [1.54, 1.807) is 54.6 Å². The summed E-state index contributed by atoms with van der Waals surface area (Å²) in [6.45, 7) is 1.17. The van der Waals surface area contributed by atoms with E-state index in [1.807, 2.05) is 0 Å². The van der Waals surface area contributed by atoms with Crippen molar-refractivity contribution in [2.45, 2.75) is 6.92 Å². The molecule has 0 aliphatic rings. The second-order valence-corrected chi connectivity index (χ2v) is 4.74. The maximum Gasteiger partial charge on any atom is 0.276 e. The summed E-state index contributed by atoms with van der Waals surface area (Å²) in [6, 6.07) is 15.0. The highest BCUT2D eigenvalue weighted by Gasteiger charge is 2.08. The van der Waals surface area contributed by atoms with Gasteiger partial charge in [-0.25, -0.2) is 0 Å². The number of ketones is 1. The second kappa shape index (κ2) is 7.74. The topological polar surface area (TPSA) is 84.5 Å². The van der Waals surface area contributed by atoms with Crippen LogP contribution in [-0.2, 0) is 4.79 Å². The van der Waals surface area contributed by atoms with Gasteiger partial charge >= 0.3 is 0 Å². The minimum atomic E-state index is -0.512. The van der Waals surface area contributed by atoms with Crippen LogP contribution in [0.2, 0.25) is 0 Å². The van der Waals surface area contributed by atoms with Crippen molar-refractivity contribution in [1.82, 2.24) is 10.9 Å². The number of ether oxygens (including phenoxy) is 1. The molecule has 0 heterocycles. The van der Waals surface area contributed by atoms with Crippen molar-refractivity contribution < 1.29 is 19.1 Å². The molecule has 0 unspecified atom stereocenters. The van der Waals surface area contributed by atoms with Crippen molar-refractivity contribution in [3.8, 4) is 5.75 Å². The lowest BCUT2D eigenvalue weighted by molar-refractivity contribution is -0.123. The Bertz CT molecular complexity index is 714. The molecule has 0 fully saturated rings. The SMILES string of the molecule is CC(=O)c1cccc(OCC(=O)NNC(=O)c2ccccc2)c1. The van der Waals surface area contributed by atoms with E-state index in [-0.39, 0.29) is 12.4 Å². The Morgan fingerprint density at radius 1 is 0.913 bits per heavy atom. The smallest absolute Gasteiger partial charge is 0.276 e. The summed E-state index contributed by atoms with van der Waals surface area (Å²) in [5.41, 5.74) is 5.48. The molecular weight excluding hydrogens is 296 g/mol. The zero-order valence-corrected chi connectivity index (χ0v) is 12.5.